The summed E-state index contributed by atoms with van der Waals surface area (Å²) < 4.78 is 1.81. The van der Waals surface area contributed by atoms with E-state index in [1.165, 1.54) is 4.90 Å². The number of nitrogens with zero attached hydrogens (tertiary/aromatic N) is 5. The van der Waals surface area contributed by atoms with Crippen molar-refractivity contribution in [1.29, 1.82) is 0 Å². The third kappa shape index (κ3) is 2.06. The van der Waals surface area contributed by atoms with E-state index < -0.39 is 22.9 Å². The van der Waals surface area contributed by atoms with Crippen molar-refractivity contribution >= 4 is 17.6 Å². The molecule has 1 aromatic heterocycles. The number of benzene rings is 1. The summed E-state index contributed by atoms with van der Waals surface area (Å²) in [5, 5.41) is 13.2. The lowest BCUT2D eigenvalue weighted by Crippen LogP contribution is -2.60. The number of hydrogen-bond donors (Lipinski definition) is 0. The van der Waals surface area contributed by atoms with Crippen molar-refractivity contribution in [3.05, 3.63) is 47.3 Å². The number of azo groups is 1. The van der Waals surface area contributed by atoms with Crippen LogP contribution in [0.4, 0.5) is 0 Å². The molecule has 8 nitrogen and oxygen atoms in total. The Kier molecular flexibility index (Phi) is 3.73. The van der Waals surface area contributed by atoms with Crippen molar-refractivity contribution in [3.63, 3.8) is 0 Å². The second-order valence-electron chi connectivity index (χ2n) is 8.87. The molecule has 0 bridgehead atoms. The van der Waals surface area contributed by atoms with Crippen molar-refractivity contribution in [2.24, 2.45) is 21.6 Å². The van der Waals surface area contributed by atoms with Crippen molar-refractivity contribution in [3.8, 4) is 5.69 Å². The topological polar surface area (TPSA) is 97.0 Å². The van der Waals surface area contributed by atoms with E-state index in [0.29, 0.717) is 17.7 Å². The number of imide groups is 1. The number of likely N-dealkylation sites (N-methyl/N-ethyl adjacent to an activating group) is 1. The molecular weight excluding hydrogens is 382 g/mol. The summed E-state index contributed by atoms with van der Waals surface area (Å²) in [5.41, 5.74) is 0.651. The van der Waals surface area contributed by atoms with Crippen LogP contribution in [0.25, 0.3) is 5.69 Å². The summed E-state index contributed by atoms with van der Waals surface area (Å²) in [6, 6.07) is 8.75. The first kappa shape index (κ1) is 18.8. The Morgan fingerprint density at radius 3 is 2.47 bits per heavy atom. The van der Waals surface area contributed by atoms with E-state index in [4.69, 9.17) is 0 Å². The van der Waals surface area contributed by atoms with Gasteiger partial charge in [0.05, 0.1) is 22.6 Å². The van der Waals surface area contributed by atoms with Crippen LogP contribution in [0.2, 0.25) is 0 Å². The fourth-order valence-electron chi connectivity index (χ4n) is 5.37. The SMILES string of the molecule is CCN1C(=O)C2N=NC3(C(=O)c4c(C)nn(-c5ccccc5)c4CC3(C)C)C2C1=O. The zero-order valence-corrected chi connectivity index (χ0v) is 17.4. The third-order valence-corrected chi connectivity index (χ3v) is 6.84. The van der Waals surface area contributed by atoms with E-state index in [9.17, 15) is 14.4 Å². The van der Waals surface area contributed by atoms with Crippen LogP contribution < -0.4 is 0 Å². The Balaban J connectivity index is 1.70. The van der Waals surface area contributed by atoms with Gasteiger partial charge in [0.15, 0.2) is 17.4 Å². The number of likely N-dealkylation sites (tertiary alicyclic amines) is 1. The molecule has 3 aliphatic rings. The maximum Gasteiger partial charge on any atom is 0.256 e. The van der Waals surface area contributed by atoms with Gasteiger partial charge in [0, 0.05) is 12.0 Å². The molecule has 5 rings (SSSR count). The van der Waals surface area contributed by atoms with E-state index in [-0.39, 0.29) is 24.1 Å². The number of carbonyl (C=O) groups is 3. The van der Waals surface area contributed by atoms with Crippen LogP contribution in [-0.4, -0.2) is 50.4 Å². The summed E-state index contributed by atoms with van der Waals surface area (Å²) in [7, 11) is 0. The minimum Gasteiger partial charge on any atom is -0.291 e. The van der Waals surface area contributed by atoms with Gasteiger partial charge in [-0.2, -0.15) is 15.3 Å². The van der Waals surface area contributed by atoms with Crippen LogP contribution in [0.15, 0.2) is 40.6 Å². The van der Waals surface area contributed by atoms with Crippen molar-refractivity contribution in [2.45, 2.75) is 45.7 Å². The van der Waals surface area contributed by atoms with Crippen LogP contribution in [0, 0.1) is 18.3 Å². The van der Waals surface area contributed by atoms with E-state index in [2.05, 4.69) is 15.3 Å². The number of para-hydroxylation sites is 1. The minimum absolute atomic E-state index is 0.260. The van der Waals surface area contributed by atoms with Crippen LogP contribution in [-0.2, 0) is 16.0 Å². The molecule has 8 heteroatoms. The van der Waals surface area contributed by atoms with Gasteiger partial charge in [-0.25, -0.2) is 4.68 Å². The lowest BCUT2D eigenvalue weighted by molar-refractivity contribution is -0.140. The number of amides is 2. The van der Waals surface area contributed by atoms with E-state index in [0.717, 1.165) is 11.4 Å². The van der Waals surface area contributed by atoms with Gasteiger partial charge in [-0.15, -0.1) is 0 Å². The third-order valence-electron chi connectivity index (χ3n) is 6.84. The highest BCUT2D eigenvalue weighted by atomic mass is 16.2. The van der Waals surface area contributed by atoms with Gasteiger partial charge in [0.25, 0.3) is 5.91 Å². The molecule has 1 aromatic carbocycles. The fourth-order valence-corrected chi connectivity index (χ4v) is 5.37. The molecule has 1 spiro atoms. The highest BCUT2D eigenvalue weighted by Gasteiger charge is 2.71. The summed E-state index contributed by atoms with van der Waals surface area (Å²) in [6.07, 6.45) is 0.486. The van der Waals surface area contributed by atoms with Crippen molar-refractivity contribution in [1.82, 2.24) is 14.7 Å². The lowest BCUT2D eigenvalue weighted by atomic mass is 9.56. The Morgan fingerprint density at radius 1 is 1.10 bits per heavy atom. The van der Waals surface area contributed by atoms with Gasteiger partial charge in [-0.3, -0.25) is 19.3 Å². The van der Waals surface area contributed by atoms with Gasteiger partial charge in [-0.1, -0.05) is 32.0 Å². The van der Waals surface area contributed by atoms with Crippen molar-refractivity contribution in [2.75, 3.05) is 6.54 Å². The quantitative estimate of drug-likeness (QED) is 0.717. The lowest BCUT2D eigenvalue weighted by Gasteiger charge is -2.45. The molecule has 0 saturated carbocycles. The number of rotatable bonds is 2. The molecule has 3 unspecified atom stereocenters. The Labute approximate surface area is 174 Å². The van der Waals surface area contributed by atoms with Gasteiger partial charge in [0.1, 0.15) is 5.92 Å². The van der Waals surface area contributed by atoms with E-state index in [1.807, 2.05) is 44.2 Å². The molecule has 2 amide bonds. The molecule has 0 N–H and O–H groups in total. The van der Waals surface area contributed by atoms with Crippen LogP contribution in [0.5, 0.6) is 0 Å². The zero-order chi connectivity index (χ0) is 21.4. The largest absolute Gasteiger partial charge is 0.291 e. The van der Waals surface area contributed by atoms with Gasteiger partial charge in [0.2, 0.25) is 5.91 Å². The molecule has 3 atom stereocenters. The average Bonchev–Trinajstić information content (AvgIpc) is 3.33. The molecule has 2 aromatic rings. The fraction of sp³-hybridized carbons (Fsp3) is 0.455. The second kappa shape index (κ2) is 5.93. The van der Waals surface area contributed by atoms with Crippen LogP contribution in [0.3, 0.4) is 0 Å². The molecule has 30 heavy (non-hydrogen) atoms. The van der Waals surface area contributed by atoms with Crippen LogP contribution >= 0.6 is 0 Å². The average molecular weight is 405 g/mol. The molecule has 154 valence electrons. The summed E-state index contributed by atoms with van der Waals surface area (Å²) in [5.74, 6) is -1.86. The molecule has 2 aliphatic heterocycles. The maximum absolute atomic E-state index is 14.0. The Bertz CT molecular complexity index is 1130. The normalized spacial score (nSPS) is 29.1. The predicted octanol–water partition coefficient (Wildman–Crippen LogP) is 2.52. The smallest absolute Gasteiger partial charge is 0.256 e. The number of hydrogen-bond acceptors (Lipinski definition) is 6. The zero-order valence-electron chi connectivity index (χ0n) is 17.4. The van der Waals surface area contributed by atoms with Gasteiger partial charge >= 0.3 is 0 Å². The highest BCUT2D eigenvalue weighted by Crippen LogP contribution is 2.56. The van der Waals surface area contributed by atoms with Crippen LogP contribution in [0.1, 0.15) is 42.5 Å². The second-order valence-corrected chi connectivity index (χ2v) is 8.87. The first-order valence-corrected chi connectivity index (χ1v) is 10.2. The first-order valence-electron chi connectivity index (χ1n) is 10.2. The number of Topliss-reactive ketones (excluding diaryl/α,β-unsaturated/α-hetero) is 1. The molecular formula is C22H23N5O3. The van der Waals surface area contributed by atoms with Gasteiger partial charge in [-0.05, 0) is 32.4 Å². The summed E-state index contributed by atoms with van der Waals surface area (Å²) in [4.78, 5) is 41.1. The highest BCUT2D eigenvalue weighted by molar-refractivity contribution is 6.16. The number of ketones is 1. The molecule has 1 aliphatic carbocycles. The van der Waals surface area contributed by atoms with E-state index in [1.54, 1.807) is 18.5 Å². The number of carbonyl (C=O) groups excluding carboxylic acids is 3. The number of aromatic nitrogens is 2. The first-order chi connectivity index (χ1) is 14.2. The Hall–Kier alpha value is -3.16. The summed E-state index contributed by atoms with van der Waals surface area (Å²) >= 11 is 0. The standard InChI is InChI=1S/C22H23N5O3/c1-5-26-19(29)16-17(20(26)30)23-25-22(16)18(28)15-12(2)24-27(13-9-7-6-8-10-13)14(15)11-21(22,3)4/h6-10,16-17H,5,11H2,1-4H3. The maximum atomic E-state index is 14.0. The molecule has 0 radical (unpaired) electrons. The Morgan fingerprint density at radius 2 is 1.80 bits per heavy atom. The summed E-state index contributed by atoms with van der Waals surface area (Å²) in [6.45, 7) is 7.67. The van der Waals surface area contributed by atoms with Gasteiger partial charge < -0.3 is 0 Å². The molecule has 1 saturated heterocycles. The predicted molar refractivity (Wildman–Crippen MR) is 107 cm³/mol. The minimum atomic E-state index is -1.39. The molecule has 1 fully saturated rings. The monoisotopic (exact) mass is 405 g/mol. The van der Waals surface area contributed by atoms with Crippen molar-refractivity contribution < 1.29 is 14.4 Å². The number of aryl methyl sites for hydroxylation is 1. The molecule has 3 heterocycles. The van der Waals surface area contributed by atoms with E-state index >= 15 is 0 Å². The number of fused-ring (bicyclic) bond motifs is 3.